The molecule has 0 atom stereocenters. The predicted molar refractivity (Wildman–Crippen MR) is 72.5 cm³/mol. The minimum atomic E-state index is -0.0337. The normalized spacial score (nSPS) is 14.4. The maximum atomic E-state index is 12.5. The Morgan fingerprint density at radius 3 is 2.89 bits per heavy atom. The number of amides is 1. The van der Waals surface area contributed by atoms with E-state index in [4.69, 9.17) is 0 Å². The van der Waals surface area contributed by atoms with Crippen LogP contribution in [0, 0.1) is 6.92 Å². The van der Waals surface area contributed by atoms with Gasteiger partial charge < -0.3 is 10.0 Å². The van der Waals surface area contributed by atoms with Crippen LogP contribution >= 0.6 is 0 Å². The molecule has 1 aromatic carbocycles. The lowest BCUT2D eigenvalue weighted by Crippen LogP contribution is -2.37. The average molecular weight is 254 g/mol. The van der Waals surface area contributed by atoms with Crippen LogP contribution in [0.15, 0.2) is 36.7 Å². The first-order chi connectivity index (χ1) is 9.15. The minimum absolute atomic E-state index is 0.0337. The Bertz CT molecular complexity index is 652. The molecule has 0 fully saturated rings. The molecular weight excluding hydrogens is 240 g/mol. The zero-order valence-electron chi connectivity index (χ0n) is 10.6. The largest absolute Gasteiger partial charge is 0.508 e. The molecule has 0 radical (unpaired) electrons. The van der Waals surface area contributed by atoms with Gasteiger partial charge in [-0.2, -0.15) is 0 Å². The number of aryl methyl sites for hydroxylation is 1. The van der Waals surface area contributed by atoms with Gasteiger partial charge in [0.05, 0.1) is 11.9 Å². The molecule has 0 aliphatic carbocycles. The van der Waals surface area contributed by atoms with Gasteiger partial charge in [0.25, 0.3) is 5.91 Å². The van der Waals surface area contributed by atoms with E-state index in [-0.39, 0.29) is 11.7 Å². The Morgan fingerprint density at radius 2 is 2.11 bits per heavy atom. The zero-order chi connectivity index (χ0) is 13.4. The predicted octanol–water partition coefficient (Wildman–Crippen LogP) is 2.30. The molecule has 96 valence electrons. The third-order valence-electron chi connectivity index (χ3n) is 3.34. The van der Waals surface area contributed by atoms with Crippen molar-refractivity contribution in [3.8, 4) is 5.75 Å². The van der Waals surface area contributed by atoms with Crippen LogP contribution in [0.5, 0.6) is 5.75 Å². The van der Waals surface area contributed by atoms with E-state index in [9.17, 15) is 9.90 Å². The third kappa shape index (κ3) is 2.05. The molecule has 1 N–H and O–H groups in total. The number of aromatic hydroxyl groups is 1. The highest BCUT2D eigenvalue weighted by Crippen LogP contribution is 2.26. The van der Waals surface area contributed by atoms with E-state index < -0.39 is 0 Å². The van der Waals surface area contributed by atoms with Gasteiger partial charge in [-0.25, -0.2) is 0 Å². The van der Waals surface area contributed by atoms with Crippen molar-refractivity contribution in [3.05, 3.63) is 53.3 Å². The number of phenolic OH excluding ortho intramolecular Hbond substituents is 1. The number of phenols is 1. The van der Waals surface area contributed by atoms with Gasteiger partial charge in [0, 0.05) is 18.3 Å². The Morgan fingerprint density at radius 1 is 1.26 bits per heavy atom. The average Bonchev–Trinajstić information content (AvgIpc) is 2.39. The highest BCUT2D eigenvalue weighted by Gasteiger charge is 2.25. The summed E-state index contributed by atoms with van der Waals surface area (Å²) in [6.45, 7) is 2.57. The Labute approximate surface area is 111 Å². The summed E-state index contributed by atoms with van der Waals surface area (Å²) in [4.78, 5) is 18.3. The number of rotatable bonds is 1. The van der Waals surface area contributed by atoms with Crippen LogP contribution in [0.1, 0.15) is 21.5 Å². The number of aromatic nitrogens is 1. The number of nitrogens with zero attached hydrogens (tertiary/aromatic N) is 2. The highest BCUT2D eigenvalue weighted by molar-refractivity contribution is 6.08. The maximum absolute atomic E-state index is 12.5. The summed E-state index contributed by atoms with van der Waals surface area (Å²) in [5.41, 5.74) is 3.41. The number of benzene rings is 1. The van der Waals surface area contributed by atoms with Crippen molar-refractivity contribution >= 4 is 11.6 Å². The van der Waals surface area contributed by atoms with Crippen molar-refractivity contribution in [2.45, 2.75) is 13.3 Å². The van der Waals surface area contributed by atoms with Crippen LogP contribution in [0.2, 0.25) is 0 Å². The number of carbonyl (C=O) groups is 1. The van der Waals surface area contributed by atoms with Crippen molar-refractivity contribution in [1.29, 1.82) is 0 Å². The van der Waals surface area contributed by atoms with E-state index in [1.165, 1.54) is 0 Å². The second-order valence-electron chi connectivity index (χ2n) is 4.77. The number of fused-ring (bicyclic) bond motifs is 1. The molecule has 0 bridgehead atoms. The van der Waals surface area contributed by atoms with Crippen LogP contribution in [0.4, 0.5) is 5.69 Å². The summed E-state index contributed by atoms with van der Waals surface area (Å²) in [7, 11) is 0. The molecule has 1 aliphatic rings. The third-order valence-corrected chi connectivity index (χ3v) is 3.34. The first kappa shape index (κ1) is 11.7. The van der Waals surface area contributed by atoms with Gasteiger partial charge in [0.1, 0.15) is 5.75 Å². The van der Waals surface area contributed by atoms with Gasteiger partial charge in [-0.3, -0.25) is 9.78 Å². The molecule has 0 saturated carbocycles. The Kier molecular flexibility index (Phi) is 2.71. The molecule has 0 saturated heterocycles. The highest BCUT2D eigenvalue weighted by atomic mass is 16.3. The van der Waals surface area contributed by atoms with Crippen molar-refractivity contribution in [1.82, 2.24) is 4.98 Å². The molecule has 1 amide bonds. The fraction of sp³-hybridized carbons (Fsp3) is 0.200. The number of hydrogen-bond donors (Lipinski definition) is 1. The van der Waals surface area contributed by atoms with E-state index in [0.717, 1.165) is 23.2 Å². The summed E-state index contributed by atoms with van der Waals surface area (Å²) in [5.74, 6) is 0.172. The lowest BCUT2D eigenvalue weighted by Gasteiger charge is -2.28. The lowest BCUT2D eigenvalue weighted by molar-refractivity contribution is 0.0980. The number of anilines is 1. The molecule has 2 heterocycles. The number of pyridine rings is 1. The molecule has 0 spiro atoms. The fourth-order valence-corrected chi connectivity index (χ4v) is 2.41. The van der Waals surface area contributed by atoms with Crippen molar-refractivity contribution in [2.24, 2.45) is 0 Å². The fourth-order valence-electron chi connectivity index (χ4n) is 2.41. The molecule has 0 unspecified atom stereocenters. The topological polar surface area (TPSA) is 53.4 Å². The van der Waals surface area contributed by atoms with Crippen LogP contribution in [0.3, 0.4) is 0 Å². The summed E-state index contributed by atoms with van der Waals surface area (Å²) in [6.07, 6.45) is 4.21. The van der Waals surface area contributed by atoms with Gasteiger partial charge in [-0.1, -0.05) is 0 Å². The standard InChI is InChI=1S/C15H14N2O2/c1-10-6-12(9-16-8-10)17-5-4-11-7-13(18)2-3-14(11)15(17)19/h2-3,6-9,18H,4-5H2,1H3. The van der Waals surface area contributed by atoms with E-state index in [1.807, 2.05) is 13.0 Å². The van der Waals surface area contributed by atoms with Crippen molar-refractivity contribution in [3.63, 3.8) is 0 Å². The summed E-state index contributed by atoms with van der Waals surface area (Å²) >= 11 is 0. The van der Waals surface area contributed by atoms with Gasteiger partial charge in [0.15, 0.2) is 0 Å². The monoisotopic (exact) mass is 254 g/mol. The van der Waals surface area contributed by atoms with E-state index >= 15 is 0 Å². The summed E-state index contributed by atoms with van der Waals surface area (Å²) in [6, 6.07) is 6.85. The maximum Gasteiger partial charge on any atom is 0.258 e. The van der Waals surface area contributed by atoms with Crippen LogP contribution < -0.4 is 4.90 Å². The number of carbonyl (C=O) groups excluding carboxylic acids is 1. The van der Waals surface area contributed by atoms with Crippen LogP contribution in [0.25, 0.3) is 0 Å². The minimum Gasteiger partial charge on any atom is -0.508 e. The lowest BCUT2D eigenvalue weighted by atomic mass is 9.98. The van der Waals surface area contributed by atoms with E-state index in [0.29, 0.717) is 12.1 Å². The van der Waals surface area contributed by atoms with Gasteiger partial charge >= 0.3 is 0 Å². The quantitative estimate of drug-likeness (QED) is 0.849. The van der Waals surface area contributed by atoms with E-state index in [2.05, 4.69) is 4.98 Å². The smallest absolute Gasteiger partial charge is 0.258 e. The van der Waals surface area contributed by atoms with Gasteiger partial charge in [-0.15, -0.1) is 0 Å². The first-order valence-corrected chi connectivity index (χ1v) is 6.20. The second kappa shape index (κ2) is 4.39. The zero-order valence-corrected chi connectivity index (χ0v) is 10.6. The Balaban J connectivity index is 2.00. The molecule has 1 aliphatic heterocycles. The molecule has 1 aromatic heterocycles. The van der Waals surface area contributed by atoms with E-state index in [1.54, 1.807) is 35.5 Å². The van der Waals surface area contributed by atoms with Crippen LogP contribution in [-0.2, 0) is 6.42 Å². The Hall–Kier alpha value is -2.36. The van der Waals surface area contributed by atoms with Gasteiger partial charge in [-0.05, 0) is 48.7 Å². The van der Waals surface area contributed by atoms with Crippen LogP contribution in [-0.4, -0.2) is 22.5 Å². The molecular formula is C15H14N2O2. The molecule has 4 nitrogen and oxygen atoms in total. The molecule has 2 aromatic rings. The summed E-state index contributed by atoms with van der Waals surface area (Å²) in [5, 5.41) is 9.46. The first-order valence-electron chi connectivity index (χ1n) is 6.20. The molecule has 19 heavy (non-hydrogen) atoms. The second-order valence-corrected chi connectivity index (χ2v) is 4.77. The number of hydrogen-bond acceptors (Lipinski definition) is 3. The van der Waals surface area contributed by atoms with Crippen molar-refractivity contribution < 1.29 is 9.90 Å². The summed E-state index contributed by atoms with van der Waals surface area (Å²) < 4.78 is 0. The molecule has 4 heteroatoms. The molecule has 3 rings (SSSR count). The van der Waals surface area contributed by atoms with Crippen molar-refractivity contribution in [2.75, 3.05) is 11.4 Å². The SMILES string of the molecule is Cc1cncc(N2CCc3cc(O)ccc3C2=O)c1. The van der Waals surface area contributed by atoms with Gasteiger partial charge in [0.2, 0.25) is 0 Å².